The highest BCUT2D eigenvalue weighted by atomic mass is 35.5. The third-order valence-electron chi connectivity index (χ3n) is 5.25. The summed E-state index contributed by atoms with van der Waals surface area (Å²) in [5.41, 5.74) is 0.707. The standard InChI is InChI=1S/C23H20ClF3N4O2/c24-19-7-2-1-6-17(19)21(32)28-10-11-29-22(33)18-13-30-31(20(18)14-8-9-14)16-5-3-4-15(12-16)23(25,26)27/h1-7,12-14H,8-11H2,(H,28,32)(H,29,33). The number of carbonyl (C=O) groups is 2. The molecular formula is C23H20ClF3N4O2. The molecule has 33 heavy (non-hydrogen) atoms. The second-order valence-electron chi connectivity index (χ2n) is 7.67. The largest absolute Gasteiger partial charge is 0.416 e. The molecule has 3 aromatic rings. The summed E-state index contributed by atoms with van der Waals surface area (Å²) < 4.78 is 40.8. The minimum absolute atomic E-state index is 0.0581. The van der Waals surface area contributed by atoms with Crippen molar-refractivity contribution in [2.45, 2.75) is 24.9 Å². The molecule has 0 unspecified atom stereocenters. The Morgan fingerprint density at radius 2 is 1.67 bits per heavy atom. The van der Waals surface area contributed by atoms with E-state index in [1.54, 1.807) is 24.3 Å². The molecule has 172 valence electrons. The maximum absolute atomic E-state index is 13.1. The van der Waals surface area contributed by atoms with Crippen molar-refractivity contribution >= 4 is 23.4 Å². The number of rotatable bonds is 7. The Morgan fingerprint density at radius 1 is 1.00 bits per heavy atom. The average molecular weight is 477 g/mol. The van der Waals surface area contributed by atoms with Crippen LogP contribution < -0.4 is 10.6 Å². The number of hydrogen-bond acceptors (Lipinski definition) is 3. The third-order valence-corrected chi connectivity index (χ3v) is 5.58. The first kappa shape index (κ1) is 22.8. The molecule has 2 aromatic carbocycles. The molecular weight excluding hydrogens is 457 g/mol. The zero-order valence-electron chi connectivity index (χ0n) is 17.3. The Labute approximate surface area is 192 Å². The van der Waals surface area contributed by atoms with Crippen molar-refractivity contribution in [3.63, 3.8) is 0 Å². The fraction of sp³-hybridized carbons (Fsp3) is 0.261. The summed E-state index contributed by atoms with van der Waals surface area (Å²) in [6, 6.07) is 11.5. The number of carbonyl (C=O) groups excluding carboxylic acids is 2. The molecule has 1 aromatic heterocycles. The summed E-state index contributed by atoms with van der Waals surface area (Å²) in [6.07, 6.45) is -1.44. The lowest BCUT2D eigenvalue weighted by atomic mass is 10.1. The van der Waals surface area contributed by atoms with Crippen LogP contribution in [0.3, 0.4) is 0 Å². The normalized spacial score (nSPS) is 13.6. The van der Waals surface area contributed by atoms with Crippen molar-refractivity contribution in [2.24, 2.45) is 0 Å². The van der Waals surface area contributed by atoms with Crippen LogP contribution in [0, 0.1) is 0 Å². The smallest absolute Gasteiger partial charge is 0.350 e. The van der Waals surface area contributed by atoms with Gasteiger partial charge in [0.1, 0.15) is 0 Å². The third kappa shape index (κ3) is 5.19. The monoisotopic (exact) mass is 476 g/mol. The Bertz CT molecular complexity index is 1190. The van der Waals surface area contributed by atoms with Gasteiger partial charge < -0.3 is 10.6 Å². The number of halogens is 4. The van der Waals surface area contributed by atoms with Gasteiger partial charge in [0.25, 0.3) is 11.8 Å². The lowest BCUT2D eigenvalue weighted by Gasteiger charge is -2.12. The molecule has 0 spiro atoms. The van der Waals surface area contributed by atoms with Gasteiger partial charge in [-0.2, -0.15) is 18.3 Å². The van der Waals surface area contributed by atoms with Gasteiger partial charge in [0, 0.05) is 19.0 Å². The number of amides is 2. The van der Waals surface area contributed by atoms with Crippen molar-refractivity contribution < 1.29 is 22.8 Å². The first-order valence-electron chi connectivity index (χ1n) is 10.3. The van der Waals surface area contributed by atoms with Crippen molar-refractivity contribution in [2.75, 3.05) is 13.1 Å². The molecule has 2 N–H and O–H groups in total. The number of benzene rings is 2. The first-order valence-corrected chi connectivity index (χ1v) is 10.7. The second kappa shape index (κ2) is 9.27. The Hall–Kier alpha value is -3.33. The molecule has 2 amide bonds. The SMILES string of the molecule is O=C(NCCNC(=O)c1cnn(-c2cccc(C(F)(F)F)c2)c1C1CC1)c1ccccc1Cl. The average Bonchev–Trinajstić information content (AvgIpc) is 3.53. The topological polar surface area (TPSA) is 76.0 Å². The van der Waals surface area contributed by atoms with Crippen molar-refractivity contribution in [1.29, 1.82) is 0 Å². The fourth-order valence-electron chi connectivity index (χ4n) is 3.49. The number of nitrogens with one attached hydrogen (secondary N) is 2. The number of alkyl halides is 3. The summed E-state index contributed by atoms with van der Waals surface area (Å²) in [7, 11) is 0. The quantitative estimate of drug-likeness (QED) is 0.490. The highest BCUT2D eigenvalue weighted by Gasteiger charge is 2.34. The molecule has 1 heterocycles. The van der Waals surface area contributed by atoms with E-state index in [-0.39, 0.29) is 30.6 Å². The van der Waals surface area contributed by atoms with Gasteiger partial charge in [-0.15, -0.1) is 0 Å². The van der Waals surface area contributed by atoms with Crippen molar-refractivity contribution in [3.05, 3.63) is 82.1 Å². The van der Waals surface area contributed by atoms with Crippen LogP contribution in [0.25, 0.3) is 5.69 Å². The minimum Gasteiger partial charge on any atom is -0.350 e. The maximum Gasteiger partial charge on any atom is 0.416 e. The Morgan fingerprint density at radius 3 is 2.30 bits per heavy atom. The molecule has 1 aliphatic carbocycles. The second-order valence-corrected chi connectivity index (χ2v) is 8.08. The molecule has 0 bridgehead atoms. The van der Waals surface area contributed by atoms with Crippen LogP contribution in [0.15, 0.2) is 54.7 Å². The highest BCUT2D eigenvalue weighted by molar-refractivity contribution is 6.33. The molecule has 1 saturated carbocycles. The van der Waals surface area contributed by atoms with Crippen LogP contribution in [0.1, 0.15) is 50.7 Å². The molecule has 4 rings (SSSR count). The molecule has 1 aliphatic rings. The van der Waals surface area contributed by atoms with Crippen molar-refractivity contribution in [3.8, 4) is 5.69 Å². The van der Waals surface area contributed by atoms with Crippen LogP contribution >= 0.6 is 11.6 Å². The highest BCUT2D eigenvalue weighted by Crippen LogP contribution is 2.42. The van der Waals surface area contributed by atoms with Crippen LogP contribution in [0.2, 0.25) is 5.02 Å². The van der Waals surface area contributed by atoms with E-state index >= 15 is 0 Å². The van der Waals surface area contributed by atoms with Gasteiger partial charge in [-0.25, -0.2) is 4.68 Å². The van der Waals surface area contributed by atoms with E-state index in [0.29, 0.717) is 21.8 Å². The lowest BCUT2D eigenvalue weighted by molar-refractivity contribution is -0.137. The molecule has 6 nitrogen and oxygen atoms in total. The maximum atomic E-state index is 13.1. The van der Waals surface area contributed by atoms with Crippen LogP contribution in [0.5, 0.6) is 0 Å². The first-order chi connectivity index (χ1) is 15.8. The molecule has 0 atom stereocenters. The van der Waals surface area contributed by atoms with Gasteiger partial charge in [-0.1, -0.05) is 29.8 Å². The predicted molar refractivity (Wildman–Crippen MR) is 117 cm³/mol. The minimum atomic E-state index is -4.47. The number of nitrogens with zero attached hydrogens (tertiary/aromatic N) is 2. The van der Waals surface area contributed by atoms with Gasteiger partial charge in [-0.3, -0.25) is 9.59 Å². The molecule has 0 radical (unpaired) electrons. The summed E-state index contributed by atoms with van der Waals surface area (Å²) in [4.78, 5) is 24.9. The van der Waals surface area contributed by atoms with Crippen LogP contribution in [-0.4, -0.2) is 34.7 Å². The fourth-order valence-corrected chi connectivity index (χ4v) is 3.71. The molecule has 0 saturated heterocycles. The van der Waals surface area contributed by atoms with E-state index in [4.69, 9.17) is 11.6 Å². The summed E-state index contributed by atoms with van der Waals surface area (Å²) in [5, 5.41) is 9.94. The summed E-state index contributed by atoms with van der Waals surface area (Å²) >= 11 is 6.00. The summed E-state index contributed by atoms with van der Waals surface area (Å²) in [6.45, 7) is 0.337. The van der Waals surface area contributed by atoms with E-state index in [9.17, 15) is 22.8 Å². The zero-order chi connectivity index (χ0) is 23.6. The Kier molecular flexibility index (Phi) is 6.42. The molecule has 1 fully saturated rings. The van der Waals surface area contributed by atoms with Gasteiger partial charge >= 0.3 is 6.18 Å². The number of hydrogen-bond donors (Lipinski definition) is 2. The lowest BCUT2D eigenvalue weighted by Crippen LogP contribution is -2.35. The molecule has 10 heteroatoms. The van der Waals surface area contributed by atoms with E-state index in [0.717, 1.165) is 25.0 Å². The molecule has 0 aliphatic heterocycles. The van der Waals surface area contributed by atoms with Crippen LogP contribution in [0.4, 0.5) is 13.2 Å². The van der Waals surface area contributed by atoms with Crippen LogP contribution in [-0.2, 0) is 6.18 Å². The summed E-state index contributed by atoms with van der Waals surface area (Å²) in [5.74, 6) is -0.698. The van der Waals surface area contributed by atoms with Gasteiger partial charge in [-0.05, 0) is 43.2 Å². The zero-order valence-corrected chi connectivity index (χ0v) is 18.1. The van der Waals surface area contributed by atoms with E-state index < -0.39 is 17.6 Å². The predicted octanol–water partition coefficient (Wildman–Crippen LogP) is 4.58. The van der Waals surface area contributed by atoms with Crippen molar-refractivity contribution in [1.82, 2.24) is 20.4 Å². The van der Waals surface area contributed by atoms with E-state index in [1.165, 1.54) is 23.0 Å². The van der Waals surface area contributed by atoms with Gasteiger partial charge in [0.15, 0.2) is 0 Å². The number of aromatic nitrogens is 2. The van der Waals surface area contributed by atoms with E-state index in [1.807, 2.05) is 0 Å². The van der Waals surface area contributed by atoms with Gasteiger partial charge in [0.2, 0.25) is 0 Å². The van der Waals surface area contributed by atoms with Gasteiger partial charge in [0.05, 0.1) is 39.3 Å². The van der Waals surface area contributed by atoms with E-state index in [2.05, 4.69) is 15.7 Å². The Balaban J connectivity index is 1.43.